The van der Waals surface area contributed by atoms with Gasteiger partial charge in [-0.15, -0.1) is 10.2 Å². The summed E-state index contributed by atoms with van der Waals surface area (Å²) in [6.07, 6.45) is 12.5. The zero-order valence-electron chi connectivity index (χ0n) is 17.1. The number of nitrogens with zero attached hydrogens (tertiary/aromatic N) is 5. The number of H-pyrrole nitrogens is 1. The Bertz CT molecular complexity index is 986. The van der Waals surface area contributed by atoms with E-state index in [1.807, 2.05) is 6.20 Å². The van der Waals surface area contributed by atoms with Crippen molar-refractivity contribution in [1.82, 2.24) is 24.6 Å². The van der Waals surface area contributed by atoms with Crippen molar-refractivity contribution in [2.24, 2.45) is 16.8 Å². The molecule has 1 N–H and O–H groups in total. The second kappa shape index (κ2) is 7.86. The standard InChI is InChI=1S/C22H30N6O/c1-3-15-10-17(29-16-6-4-14(5-7-16)12-23-2)11-18(15)22-27-26-20-13-25-21-19(28(20)22)8-9-24-21/h8-9,13-18,24H,2-7,10-12H2,1H3/t14-,15-,16-,17-,18+/m1/s1. The Morgan fingerprint density at radius 3 is 2.86 bits per heavy atom. The summed E-state index contributed by atoms with van der Waals surface area (Å²) in [5.74, 6) is 2.72. The molecule has 0 amide bonds. The van der Waals surface area contributed by atoms with Crippen LogP contribution >= 0.6 is 0 Å². The molecule has 0 aromatic carbocycles. The lowest BCUT2D eigenvalue weighted by molar-refractivity contribution is -0.0343. The smallest absolute Gasteiger partial charge is 0.179 e. The van der Waals surface area contributed by atoms with E-state index in [0.717, 1.165) is 61.3 Å². The minimum Gasteiger partial charge on any atom is -0.375 e. The van der Waals surface area contributed by atoms with E-state index in [-0.39, 0.29) is 0 Å². The fourth-order valence-corrected chi connectivity index (χ4v) is 5.50. The van der Waals surface area contributed by atoms with Crippen molar-refractivity contribution in [3.8, 4) is 0 Å². The number of fused-ring (bicyclic) bond motifs is 3. The number of aromatic nitrogens is 5. The van der Waals surface area contributed by atoms with Gasteiger partial charge in [-0.1, -0.05) is 13.3 Å². The average Bonchev–Trinajstić information content (AvgIpc) is 3.46. The minimum atomic E-state index is 0.319. The van der Waals surface area contributed by atoms with E-state index in [4.69, 9.17) is 4.74 Å². The SMILES string of the molecule is C=NC[C@H]1CC[C@H](O[C@@H]2C[C@@H](CC)[C@@H](c3nnc4cnc5[nH]ccc5n34)C2)CC1. The van der Waals surface area contributed by atoms with Crippen molar-refractivity contribution >= 4 is 23.5 Å². The molecular weight excluding hydrogens is 364 g/mol. The highest BCUT2D eigenvalue weighted by Crippen LogP contribution is 2.43. The van der Waals surface area contributed by atoms with Gasteiger partial charge in [0.2, 0.25) is 0 Å². The summed E-state index contributed by atoms with van der Waals surface area (Å²) in [5, 5.41) is 9.01. The Labute approximate surface area is 171 Å². The van der Waals surface area contributed by atoms with Crippen molar-refractivity contribution in [3.63, 3.8) is 0 Å². The maximum atomic E-state index is 6.60. The predicted molar refractivity (Wildman–Crippen MR) is 113 cm³/mol. The van der Waals surface area contributed by atoms with Crippen molar-refractivity contribution in [2.45, 2.75) is 70.0 Å². The first-order valence-electron chi connectivity index (χ1n) is 11.0. The molecule has 3 atom stereocenters. The van der Waals surface area contributed by atoms with Crippen LogP contribution in [0.5, 0.6) is 0 Å². The van der Waals surface area contributed by atoms with Crippen LogP contribution in [0.3, 0.4) is 0 Å². The first-order valence-corrected chi connectivity index (χ1v) is 11.0. The fraction of sp³-hybridized carbons (Fsp3) is 0.636. The van der Waals surface area contributed by atoms with E-state index in [0.29, 0.717) is 30.0 Å². The summed E-state index contributed by atoms with van der Waals surface area (Å²) in [5.41, 5.74) is 2.75. The van der Waals surface area contributed by atoms with Gasteiger partial charge in [0, 0.05) is 18.7 Å². The van der Waals surface area contributed by atoms with Crippen LogP contribution in [0.2, 0.25) is 0 Å². The highest BCUT2D eigenvalue weighted by Gasteiger charge is 2.39. The molecule has 2 fully saturated rings. The zero-order chi connectivity index (χ0) is 19.8. The van der Waals surface area contributed by atoms with Crippen LogP contribution in [0.4, 0.5) is 0 Å². The second-order valence-corrected chi connectivity index (χ2v) is 8.77. The molecule has 2 aliphatic carbocycles. The molecule has 154 valence electrons. The number of aliphatic imine (C=N–C) groups is 1. The van der Waals surface area contributed by atoms with Crippen LogP contribution < -0.4 is 0 Å². The third-order valence-corrected chi connectivity index (χ3v) is 7.04. The molecule has 3 heterocycles. The highest BCUT2D eigenvalue weighted by atomic mass is 16.5. The third-order valence-electron chi connectivity index (χ3n) is 7.04. The lowest BCUT2D eigenvalue weighted by Crippen LogP contribution is -2.26. The minimum absolute atomic E-state index is 0.319. The van der Waals surface area contributed by atoms with Gasteiger partial charge in [0.15, 0.2) is 11.3 Å². The molecule has 0 spiro atoms. The summed E-state index contributed by atoms with van der Waals surface area (Å²) in [4.78, 5) is 11.7. The molecule has 7 heteroatoms. The Morgan fingerprint density at radius 1 is 1.21 bits per heavy atom. The predicted octanol–water partition coefficient (Wildman–Crippen LogP) is 4.15. The largest absolute Gasteiger partial charge is 0.375 e. The van der Waals surface area contributed by atoms with Gasteiger partial charge in [-0.2, -0.15) is 0 Å². The topological polar surface area (TPSA) is 80.5 Å². The molecule has 2 aliphatic rings. The Kier molecular flexibility index (Phi) is 5.08. The molecule has 0 unspecified atom stereocenters. The van der Waals surface area contributed by atoms with Crippen molar-refractivity contribution in [2.75, 3.05) is 6.54 Å². The summed E-state index contributed by atoms with van der Waals surface area (Å²) < 4.78 is 8.78. The monoisotopic (exact) mass is 394 g/mol. The fourth-order valence-electron chi connectivity index (χ4n) is 5.50. The van der Waals surface area contributed by atoms with Crippen molar-refractivity contribution in [1.29, 1.82) is 0 Å². The van der Waals surface area contributed by atoms with Gasteiger partial charge in [0.25, 0.3) is 0 Å². The highest BCUT2D eigenvalue weighted by molar-refractivity contribution is 5.74. The molecule has 29 heavy (non-hydrogen) atoms. The van der Waals surface area contributed by atoms with Crippen LogP contribution in [0.15, 0.2) is 23.5 Å². The summed E-state index contributed by atoms with van der Waals surface area (Å²) in [7, 11) is 0. The lowest BCUT2D eigenvalue weighted by atomic mass is 9.87. The van der Waals surface area contributed by atoms with Gasteiger partial charge < -0.3 is 14.7 Å². The van der Waals surface area contributed by atoms with Gasteiger partial charge in [0.1, 0.15) is 5.82 Å². The molecule has 0 saturated heterocycles. The molecule has 0 aliphatic heterocycles. The quantitative estimate of drug-likeness (QED) is 0.637. The molecule has 3 aromatic heterocycles. The van der Waals surface area contributed by atoms with Crippen LogP contribution in [-0.2, 0) is 4.74 Å². The first-order chi connectivity index (χ1) is 14.3. The lowest BCUT2D eigenvalue weighted by Gasteiger charge is -2.29. The maximum Gasteiger partial charge on any atom is 0.179 e. The van der Waals surface area contributed by atoms with Gasteiger partial charge in [-0.3, -0.25) is 4.40 Å². The summed E-state index contributed by atoms with van der Waals surface area (Å²) >= 11 is 0. The van der Waals surface area contributed by atoms with Crippen LogP contribution in [0.1, 0.15) is 63.6 Å². The average molecular weight is 395 g/mol. The van der Waals surface area contributed by atoms with E-state index in [1.54, 1.807) is 6.20 Å². The number of aromatic amines is 1. The molecular formula is C22H30N6O. The van der Waals surface area contributed by atoms with E-state index in [1.165, 1.54) is 12.8 Å². The van der Waals surface area contributed by atoms with Crippen molar-refractivity contribution < 1.29 is 4.74 Å². The Morgan fingerprint density at radius 2 is 2.07 bits per heavy atom. The Hall–Kier alpha value is -2.28. The van der Waals surface area contributed by atoms with E-state index in [9.17, 15) is 0 Å². The van der Waals surface area contributed by atoms with E-state index in [2.05, 4.69) is 49.3 Å². The van der Waals surface area contributed by atoms with E-state index < -0.39 is 0 Å². The number of hydrogen-bond acceptors (Lipinski definition) is 5. The normalized spacial score (nSPS) is 30.3. The van der Waals surface area contributed by atoms with Crippen LogP contribution in [0, 0.1) is 11.8 Å². The van der Waals surface area contributed by atoms with Gasteiger partial charge in [-0.25, -0.2) is 4.98 Å². The third kappa shape index (κ3) is 3.45. The van der Waals surface area contributed by atoms with E-state index >= 15 is 0 Å². The molecule has 2 saturated carbocycles. The molecule has 0 radical (unpaired) electrons. The van der Waals surface area contributed by atoms with Gasteiger partial charge in [-0.05, 0) is 63.1 Å². The maximum absolute atomic E-state index is 6.60. The molecule has 5 rings (SSSR count). The summed E-state index contributed by atoms with van der Waals surface area (Å²) in [6.45, 7) is 6.83. The number of rotatable bonds is 6. The number of ether oxygens (including phenoxy) is 1. The number of nitrogens with one attached hydrogen (secondary N) is 1. The van der Waals surface area contributed by atoms with Gasteiger partial charge >= 0.3 is 0 Å². The molecule has 0 bridgehead atoms. The molecule has 3 aromatic rings. The van der Waals surface area contributed by atoms with Gasteiger partial charge in [0.05, 0.1) is 23.9 Å². The zero-order valence-corrected chi connectivity index (χ0v) is 17.1. The first kappa shape index (κ1) is 18.7. The van der Waals surface area contributed by atoms with Crippen LogP contribution in [-0.4, -0.2) is 50.0 Å². The van der Waals surface area contributed by atoms with Crippen molar-refractivity contribution in [3.05, 3.63) is 24.3 Å². The second-order valence-electron chi connectivity index (χ2n) is 8.77. The number of hydrogen-bond donors (Lipinski definition) is 1. The Balaban J connectivity index is 1.33. The molecule has 7 nitrogen and oxygen atoms in total. The van der Waals surface area contributed by atoms with Crippen LogP contribution in [0.25, 0.3) is 16.8 Å². The summed E-state index contributed by atoms with van der Waals surface area (Å²) in [6, 6.07) is 2.06.